The molecule has 0 unspecified atom stereocenters. The van der Waals surface area contributed by atoms with E-state index in [0.717, 1.165) is 0 Å². The molecule has 0 amide bonds. The maximum atomic E-state index is 8.93. The molecule has 0 saturated heterocycles. The van der Waals surface area contributed by atoms with Crippen molar-refractivity contribution in [1.29, 1.82) is 0 Å². The number of carbonyl (C=O) groups excluding carboxylic acids is 2. The summed E-state index contributed by atoms with van der Waals surface area (Å²) in [6, 6.07) is 0. The van der Waals surface area contributed by atoms with Crippen molar-refractivity contribution in [1.82, 2.24) is 0 Å². The van der Waals surface area contributed by atoms with Gasteiger partial charge in [0.25, 0.3) is 0 Å². The number of hydrogen-bond acceptors (Lipinski definition) is 6. The molecule has 0 aliphatic heterocycles. The smallest absolute Gasteiger partial charge is 0.543 e. The fraction of sp³-hybridized carbons (Fsp3) is 0.500. The molecule has 8 heteroatoms. The molecule has 0 aromatic rings. The van der Waals surface area contributed by atoms with Gasteiger partial charge in [0.05, 0.1) is 11.9 Å². The predicted octanol–water partition coefficient (Wildman–Crippen LogP) is -10.6. The summed E-state index contributed by atoms with van der Waals surface area (Å²) >= 11 is 0. The van der Waals surface area contributed by atoms with Gasteiger partial charge in [-0.1, -0.05) is 0 Å². The van der Waals surface area contributed by atoms with Gasteiger partial charge in [-0.2, -0.15) is 0 Å². The fourth-order valence-electron chi connectivity index (χ4n) is 0. The molecule has 4 N–H and O–H groups in total. The van der Waals surface area contributed by atoms with Gasteiger partial charge in [0, 0.05) is 13.1 Å². The van der Waals surface area contributed by atoms with E-state index in [-0.39, 0.29) is 103 Å². The Kier molecular flexibility index (Phi) is 37.2. The zero-order chi connectivity index (χ0) is 8.57. The van der Waals surface area contributed by atoms with Gasteiger partial charge in [0.2, 0.25) is 0 Å². The van der Waals surface area contributed by atoms with Crippen LogP contribution in [0.15, 0.2) is 0 Å². The van der Waals surface area contributed by atoms with Crippen molar-refractivity contribution in [2.45, 2.75) is 0 Å². The molecule has 0 spiro atoms. The third kappa shape index (κ3) is 29.6. The van der Waals surface area contributed by atoms with Gasteiger partial charge < -0.3 is 31.3 Å². The molecule has 0 aromatic carbocycles. The Bertz CT molecular complexity index is 108. The van der Waals surface area contributed by atoms with E-state index in [1.165, 1.54) is 0 Å². The van der Waals surface area contributed by atoms with Crippen LogP contribution in [0, 0.1) is 0 Å². The van der Waals surface area contributed by atoms with Crippen molar-refractivity contribution in [3.8, 4) is 0 Å². The summed E-state index contributed by atoms with van der Waals surface area (Å²) < 4.78 is 0. The molecule has 0 aliphatic carbocycles. The first-order valence-electron chi connectivity index (χ1n) is 2.38. The summed E-state index contributed by atoms with van der Waals surface area (Å²) in [5.41, 5.74) is 9.81. The van der Waals surface area contributed by atoms with Crippen LogP contribution in [0.3, 0.4) is 0 Å². The zero-order valence-corrected chi connectivity index (χ0v) is 13.4. The summed E-state index contributed by atoms with van der Waals surface area (Å²) in [6.45, 7) is 1.19. The normalized spacial score (nSPS) is 6.17. The standard InChI is InChI=1S/C2H8N2.C2H2O4.2K/c3-1-2-4;3-1(4)2(5)6;;/h1-4H2;(H,3,4)(H,5,6);;/q;;2*+1/p-2. The van der Waals surface area contributed by atoms with Crippen LogP contribution in [0.4, 0.5) is 0 Å². The number of aliphatic carboxylic acids is 2. The van der Waals surface area contributed by atoms with Crippen LogP contribution >= 0.6 is 0 Å². The topological polar surface area (TPSA) is 132 Å². The van der Waals surface area contributed by atoms with Crippen molar-refractivity contribution >= 4 is 11.9 Å². The SMILES string of the molecule is NCCN.O=C([O-])C(=O)[O-].[K+].[K+]. The van der Waals surface area contributed by atoms with E-state index in [9.17, 15) is 0 Å². The molecule has 60 valence electrons. The summed E-state index contributed by atoms with van der Waals surface area (Å²) in [6.07, 6.45) is 0. The minimum atomic E-state index is -2.19. The minimum Gasteiger partial charge on any atom is -0.543 e. The van der Waals surface area contributed by atoms with Gasteiger partial charge in [0.15, 0.2) is 0 Å². The minimum absolute atomic E-state index is 0. The van der Waals surface area contributed by atoms with E-state index in [2.05, 4.69) is 0 Å². The summed E-state index contributed by atoms with van der Waals surface area (Å²) in [5, 5.41) is 17.9. The molecule has 6 nitrogen and oxygen atoms in total. The number of rotatable bonds is 1. The van der Waals surface area contributed by atoms with Crippen molar-refractivity contribution < 1.29 is 123 Å². The van der Waals surface area contributed by atoms with Gasteiger partial charge in [-0.3, -0.25) is 0 Å². The van der Waals surface area contributed by atoms with Crippen molar-refractivity contribution in [2.24, 2.45) is 11.5 Å². The number of carboxylic acid groups (broad SMARTS) is 2. The van der Waals surface area contributed by atoms with Crippen LogP contribution in [0.25, 0.3) is 0 Å². The molecule has 0 aliphatic rings. The van der Waals surface area contributed by atoms with Crippen LogP contribution in [-0.2, 0) is 9.59 Å². The Hall–Kier alpha value is 2.13. The van der Waals surface area contributed by atoms with E-state index < -0.39 is 11.9 Å². The maximum Gasteiger partial charge on any atom is 1.00 e. The summed E-state index contributed by atoms with van der Waals surface area (Å²) in [7, 11) is 0. The summed E-state index contributed by atoms with van der Waals surface area (Å²) in [4.78, 5) is 17.9. The number of nitrogens with two attached hydrogens (primary N) is 2. The van der Waals surface area contributed by atoms with Crippen molar-refractivity contribution in [2.75, 3.05) is 13.1 Å². The monoisotopic (exact) mass is 226 g/mol. The Morgan fingerprint density at radius 3 is 1.08 bits per heavy atom. The summed E-state index contributed by atoms with van der Waals surface area (Å²) in [5.74, 6) is -4.37. The fourth-order valence-corrected chi connectivity index (χ4v) is 0. The molecule has 0 aromatic heterocycles. The van der Waals surface area contributed by atoms with Crippen molar-refractivity contribution in [3.05, 3.63) is 0 Å². The quantitative estimate of drug-likeness (QED) is 0.337. The van der Waals surface area contributed by atoms with E-state index in [1.54, 1.807) is 0 Å². The van der Waals surface area contributed by atoms with Crippen LogP contribution in [0.2, 0.25) is 0 Å². The molecule has 12 heavy (non-hydrogen) atoms. The van der Waals surface area contributed by atoms with Gasteiger partial charge in [-0.15, -0.1) is 0 Å². The Balaban J connectivity index is -0.0000000483. The first-order valence-corrected chi connectivity index (χ1v) is 2.38. The Morgan fingerprint density at radius 1 is 0.917 bits per heavy atom. The Labute approximate surface area is 155 Å². The Morgan fingerprint density at radius 2 is 1.08 bits per heavy atom. The molecule has 0 atom stereocenters. The second-order valence-electron chi connectivity index (χ2n) is 1.15. The first kappa shape index (κ1) is 23.7. The third-order valence-electron chi connectivity index (χ3n) is 0.333. The van der Waals surface area contributed by atoms with Crippen LogP contribution < -0.4 is 124 Å². The van der Waals surface area contributed by atoms with Crippen LogP contribution in [0.1, 0.15) is 0 Å². The average molecular weight is 226 g/mol. The van der Waals surface area contributed by atoms with E-state index in [4.69, 9.17) is 31.3 Å². The number of carboxylic acids is 2. The molecular weight excluding hydrogens is 218 g/mol. The second kappa shape index (κ2) is 18.8. The molecular formula is C4H8K2N2O4. The molecule has 0 radical (unpaired) electrons. The van der Waals surface area contributed by atoms with E-state index in [1.807, 2.05) is 0 Å². The third-order valence-corrected chi connectivity index (χ3v) is 0.333. The maximum absolute atomic E-state index is 8.93. The van der Waals surface area contributed by atoms with Gasteiger partial charge in [0.1, 0.15) is 0 Å². The van der Waals surface area contributed by atoms with Crippen molar-refractivity contribution in [3.63, 3.8) is 0 Å². The number of carbonyl (C=O) groups is 2. The second-order valence-corrected chi connectivity index (χ2v) is 1.15. The van der Waals surface area contributed by atoms with E-state index >= 15 is 0 Å². The van der Waals surface area contributed by atoms with Crippen LogP contribution in [-0.4, -0.2) is 25.0 Å². The molecule has 0 saturated carbocycles. The number of hydrogen-bond donors (Lipinski definition) is 2. The largest absolute Gasteiger partial charge is 1.00 e. The predicted molar refractivity (Wildman–Crippen MR) is 28.1 cm³/mol. The molecule has 0 fully saturated rings. The van der Waals surface area contributed by atoms with Crippen LogP contribution in [0.5, 0.6) is 0 Å². The molecule has 0 rings (SSSR count). The zero-order valence-electron chi connectivity index (χ0n) is 7.20. The molecule has 0 heterocycles. The van der Waals surface area contributed by atoms with Gasteiger partial charge in [-0.25, -0.2) is 0 Å². The molecule has 0 bridgehead atoms. The van der Waals surface area contributed by atoms with E-state index in [0.29, 0.717) is 13.1 Å². The van der Waals surface area contributed by atoms with Gasteiger partial charge in [-0.05, 0) is 0 Å². The van der Waals surface area contributed by atoms with Gasteiger partial charge >= 0.3 is 103 Å². The average Bonchev–Trinajstić information content (AvgIpc) is 1.89. The first-order chi connectivity index (χ1) is 4.56.